The van der Waals surface area contributed by atoms with E-state index in [1.807, 2.05) is 6.92 Å². The molecule has 4 heteroatoms. The maximum Gasteiger partial charge on any atom is 0.254 e. The van der Waals surface area contributed by atoms with Crippen molar-refractivity contribution >= 4 is 11.6 Å². The van der Waals surface area contributed by atoms with E-state index < -0.39 is 5.82 Å². The third-order valence-electron chi connectivity index (χ3n) is 4.20. The zero-order valence-corrected chi connectivity index (χ0v) is 12.0. The summed E-state index contributed by atoms with van der Waals surface area (Å²) in [5.41, 5.74) is 5.89. The minimum Gasteiger partial charge on any atom is -0.399 e. The Hall–Kier alpha value is -1.58. The standard InChI is InChI=1S/C16H23FN2O/c1-11(12-6-4-2-3-5-7-12)19-16(20)14-9-8-13(18)10-15(14)17/h8-12H,2-7,18H2,1H3,(H,19,20)/t11-/m1/s1. The number of amides is 1. The van der Waals surface area contributed by atoms with E-state index in [1.54, 1.807) is 6.07 Å². The van der Waals surface area contributed by atoms with E-state index >= 15 is 0 Å². The Bertz CT molecular complexity index is 468. The number of hydrogen-bond donors (Lipinski definition) is 2. The third-order valence-corrected chi connectivity index (χ3v) is 4.20. The predicted molar refractivity (Wildman–Crippen MR) is 78.9 cm³/mol. The fourth-order valence-electron chi connectivity index (χ4n) is 2.93. The first-order valence-corrected chi connectivity index (χ1v) is 7.44. The fourth-order valence-corrected chi connectivity index (χ4v) is 2.93. The van der Waals surface area contributed by atoms with Crippen LogP contribution in [0.5, 0.6) is 0 Å². The zero-order chi connectivity index (χ0) is 14.5. The van der Waals surface area contributed by atoms with Crippen LogP contribution in [0.25, 0.3) is 0 Å². The van der Waals surface area contributed by atoms with E-state index in [-0.39, 0.29) is 17.5 Å². The van der Waals surface area contributed by atoms with E-state index in [0.717, 1.165) is 12.8 Å². The van der Waals surface area contributed by atoms with Gasteiger partial charge in [-0.3, -0.25) is 4.79 Å². The Kier molecular flexibility index (Phi) is 4.99. The van der Waals surface area contributed by atoms with Gasteiger partial charge in [0.25, 0.3) is 5.91 Å². The molecule has 1 atom stereocenters. The van der Waals surface area contributed by atoms with Crippen LogP contribution in [0.4, 0.5) is 10.1 Å². The maximum absolute atomic E-state index is 13.7. The first-order valence-electron chi connectivity index (χ1n) is 7.44. The SMILES string of the molecule is C[C@@H](NC(=O)c1ccc(N)cc1F)C1CCCCCC1. The molecule has 1 aliphatic carbocycles. The molecule has 2 rings (SSSR count). The highest BCUT2D eigenvalue weighted by Gasteiger charge is 2.22. The van der Waals surface area contributed by atoms with Gasteiger partial charge in [0, 0.05) is 11.7 Å². The molecule has 1 aliphatic rings. The summed E-state index contributed by atoms with van der Waals surface area (Å²) < 4.78 is 13.7. The molecule has 0 radical (unpaired) electrons. The number of nitrogens with two attached hydrogens (primary N) is 1. The highest BCUT2D eigenvalue weighted by Crippen LogP contribution is 2.25. The lowest BCUT2D eigenvalue weighted by atomic mass is 9.93. The second kappa shape index (κ2) is 6.73. The molecule has 110 valence electrons. The summed E-state index contributed by atoms with van der Waals surface area (Å²) in [6, 6.07) is 4.26. The molecule has 0 aromatic heterocycles. The first kappa shape index (κ1) is 14.8. The quantitative estimate of drug-likeness (QED) is 0.657. The lowest BCUT2D eigenvalue weighted by Crippen LogP contribution is -2.38. The van der Waals surface area contributed by atoms with Crippen LogP contribution in [0.1, 0.15) is 55.8 Å². The van der Waals surface area contributed by atoms with E-state index in [0.29, 0.717) is 11.6 Å². The summed E-state index contributed by atoms with van der Waals surface area (Å²) in [4.78, 5) is 12.1. The van der Waals surface area contributed by atoms with Gasteiger partial charge in [-0.25, -0.2) is 4.39 Å². The van der Waals surface area contributed by atoms with Crippen LogP contribution in [-0.4, -0.2) is 11.9 Å². The summed E-state index contributed by atoms with van der Waals surface area (Å²) in [7, 11) is 0. The van der Waals surface area contributed by atoms with Gasteiger partial charge in [-0.1, -0.05) is 25.7 Å². The Morgan fingerprint density at radius 2 is 1.95 bits per heavy atom. The molecule has 1 aromatic carbocycles. The number of carbonyl (C=O) groups excluding carboxylic acids is 1. The van der Waals surface area contributed by atoms with E-state index in [2.05, 4.69) is 5.32 Å². The van der Waals surface area contributed by atoms with Crippen molar-refractivity contribution in [1.29, 1.82) is 0 Å². The molecule has 20 heavy (non-hydrogen) atoms. The molecular formula is C16H23FN2O. The molecule has 3 N–H and O–H groups in total. The average molecular weight is 278 g/mol. The summed E-state index contributed by atoms with van der Waals surface area (Å²) in [6.45, 7) is 2.02. The van der Waals surface area contributed by atoms with Gasteiger partial charge in [0.2, 0.25) is 0 Å². The number of carbonyl (C=O) groups is 1. The topological polar surface area (TPSA) is 55.1 Å². The monoisotopic (exact) mass is 278 g/mol. The Morgan fingerprint density at radius 1 is 1.30 bits per heavy atom. The lowest BCUT2D eigenvalue weighted by Gasteiger charge is -2.23. The number of rotatable bonds is 3. The number of nitrogens with one attached hydrogen (secondary N) is 1. The van der Waals surface area contributed by atoms with Gasteiger partial charge in [-0.15, -0.1) is 0 Å². The molecule has 0 spiro atoms. The van der Waals surface area contributed by atoms with E-state index in [1.165, 1.54) is 37.8 Å². The smallest absolute Gasteiger partial charge is 0.254 e. The average Bonchev–Trinajstić information content (AvgIpc) is 2.67. The lowest BCUT2D eigenvalue weighted by molar-refractivity contribution is 0.0920. The van der Waals surface area contributed by atoms with Crippen molar-refractivity contribution in [2.45, 2.75) is 51.5 Å². The molecule has 1 fully saturated rings. The second-order valence-corrected chi connectivity index (χ2v) is 5.75. The predicted octanol–water partition coefficient (Wildman–Crippen LogP) is 3.50. The molecular weight excluding hydrogens is 255 g/mol. The number of benzene rings is 1. The molecule has 1 saturated carbocycles. The minimum absolute atomic E-state index is 0.0691. The molecule has 0 aliphatic heterocycles. The van der Waals surface area contributed by atoms with Crippen LogP contribution in [0.2, 0.25) is 0 Å². The van der Waals surface area contributed by atoms with Crippen LogP contribution in [0.3, 0.4) is 0 Å². The van der Waals surface area contributed by atoms with Gasteiger partial charge in [0.15, 0.2) is 0 Å². The van der Waals surface area contributed by atoms with Crippen molar-refractivity contribution in [1.82, 2.24) is 5.32 Å². The van der Waals surface area contributed by atoms with Crippen LogP contribution in [0.15, 0.2) is 18.2 Å². The van der Waals surface area contributed by atoms with Crippen molar-refractivity contribution in [3.63, 3.8) is 0 Å². The Labute approximate surface area is 119 Å². The van der Waals surface area contributed by atoms with Crippen molar-refractivity contribution in [3.8, 4) is 0 Å². The highest BCUT2D eigenvalue weighted by atomic mass is 19.1. The van der Waals surface area contributed by atoms with E-state index in [9.17, 15) is 9.18 Å². The van der Waals surface area contributed by atoms with Gasteiger partial charge in [-0.2, -0.15) is 0 Å². The summed E-state index contributed by atoms with van der Waals surface area (Å²) in [6.07, 6.45) is 7.30. The van der Waals surface area contributed by atoms with Gasteiger partial charge >= 0.3 is 0 Å². The van der Waals surface area contributed by atoms with Crippen LogP contribution in [-0.2, 0) is 0 Å². The fraction of sp³-hybridized carbons (Fsp3) is 0.562. The molecule has 0 heterocycles. The third kappa shape index (κ3) is 3.71. The normalized spacial score (nSPS) is 18.3. The Morgan fingerprint density at radius 3 is 2.55 bits per heavy atom. The van der Waals surface area contributed by atoms with Crippen molar-refractivity contribution in [3.05, 3.63) is 29.6 Å². The zero-order valence-electron chi connectivity index (χ0n) is 12.0. The largest absolute Gasteiger partial charge is 0.399 e. The number of halogens is 1. The summed E-state index contributed by atoms with van der Waals surface area (Å²) in [5.74, 6) is -0.409. The second-order valence-electron chi connectivity index (χ2n) is 5.75. The van der Waals surface area contributed by atoms with Gasteiger partial charge in [-0.05, 0) is 43.9 Å². The summed E-state index contributed by atoms with van der Waals surface area (Å²) >= 11 is 0. The minimum atomic E-state index is -0.560. The highest BCUT2D eigenvalue weighted by molar-refractivity contribution is 5.95. The molecule has 1 amide bonds. The van der Waals surface area contributed by atoms with Crippen LogP contribution in [0, 0.1) is 11.7 Å². The van der Waals surface area contributed by atoms with Gasteiger partial charge in [0.1, 0.15) is 5.82 Å². The number of anilines is 1. The Balaban J connectivity index is 1.99. The van der Waals surface area contributed by atoms with Crippen LogP contribution >= 0.6 is 0 Å². The van der Waals surface area contributed by atoms with Gasteiger partial charge in [0.05, 0.1) is 5.56 Å². The van der Waals surface area contributed by atoms with Crippen molar-refractivity contribution in [2.24, 2.45) is 5.92 Å². The maximum atomic E-state index is 13.7. The summed E-state index contributed by atoms with van der Waals surface area (Å²) in [5, 5.41) is 2.93. The molecule has 1 aromatic rings. The van der Waals surface area contributed by atoms with E-state index in [4.69, 9.17) is 5.73 Å². The number of hydrogen-bond acceptors (Lipinski definition) is 2. The van der Waals surface area contributed by atoms with Crippen molar-refractivity contribution in [2.75, 3.05) is 5.73 Å². The van der Waals surface area contributed by atoms with Crippen LogP contribution < -0.4 is 11.1 Å². The molecule has 0 unspecified atom stereocenters. The molecule has 0 saturated heterocycles. The molecule has 0 bridgehead atoms. The molecule has 3 nitrogen and oxygen atoms in total. The van der Waals surface area contributed by atoms with Gasteiger partial charge < -0.3 is 11.1 Å². The first-order chi connectivity index (χ1) is 9.58. The van der Waals surface area contributed by atoms with Crippen molar-refractivity contribution < 1.29 is 9.18 Å². The number of nitrogen functional groups attached to an aromatic ring is 1.